The Hall–Kier alpha value is -0.159. The van der Waals surface area contributed by atoms with Crippen LogP contribution in [-0.2, 0) is 0 Å². The van der Waals surface area contributed by atoms with Crippen LogP contribution in [0.1, 0.15) is 0 Å². The van der Waals surface area contributed by atoms with Gasteiger partial charge in [0.05, 0.1) is 17.5 Å². The predicted molar refractivity (Wildman–Crippen MR) is 47.6 cm³/mol. The molecule has 0 unspecified atom stereocenters. The van der Waals surface area contributed by atoms with Crippen molar-refractivity contribution in [1.29, 1.82) is 0 Å². The molecule has 0 saturated heterocycles. The molecule has 0 saturated carbocycles. The Balaban J connectivity index is 0.00000256. The summed E-state index contributed by atoms with van der Waals surface area (Å²) in [6, 6.07) is 2.15. The third-order valence-corrected chi connectivity index (χ3v) is 1.55. The summed E-state index contributed by atoms with van der Waals surface area (Å²) < 4.78 is 52.5. The third kappa shape index (κ3) is 5.82. The van der Waals surface area contributed by atoms with E-state index in [9.17, 15) is 27.5 Å². The summed E-state index contributed by atoms with van der Waals surface area (Å²) in [7, 11) is 0. The van der Waals surface area contributed by atoms with Crippen molar-refractivity contribution in [1.82, 2.24) is 0 Å². The van der Waals surface area contributed by atoms with Gasteiger partial charge in [-0.1, -0.05) is 0 Å². The number of benzene rings is 1. The Morgan fingerprint density at radius 2 is 1.94 bits per heavy atom. The third-order valence-electron chi connectivity index (χ3n) is 1.55. The van der Waals surface area contributed by atoms with E-state index in [2.05, 4.69) is 4.74 Å². The molecule has 0 spiro atoms. The van der Waals surface area contributed by atoms with Gasteiger partial charge >= 0.3 is 58.4 Å². The number of nitrogens with zero attached hydrogens (tertiary/aromatic N) is 1. The Morgan fingerprint density at radius 1 is 1.35 bits per heavy atom. The summed E-state index contributed by atoms with van der Waals surface area (Å²) in [6.45, 7) is -6.78. The zero-order valence-electron chi connectivity index (χ0n) is 8.70. The molecule has 1 rings (SSSR count). The summed E-state index contributed by atoms with van der Waals surface area (Å²) in [5, 5.41) is 10.2. The molecule has 0 aliphatic rings. The molecule has 10 heteroatoms. The van der Waals surface area contributed by atoms with Crippen molar-refractivity contribution >= 4 is 12.7 Å². The number of hydrogen-bond acceptors (Lipinski definition) is 3. The van der Waals surface area contributed by atoms with Crippen molar-refractivity contribution in [3.8, 4) is 5.75 Å². The van der Waals surface area contributed by atoms with Crippen molar-refractivity contribution in [2.45, 2.75) is 0 Å². The van der Waals surface area contributed by atoms with Crippen LogP contribution in [0.4, 0.5) is 23.0 Å². The summed E-state index contributed by atoms with van der Waals surface area (Å²) in [4.78, 5) is 9.34. The average Bonchev–Trinajstić information content (AvgIpc) is 2.14. The number of rotatable bonds is 4. The first-order valence-corrected chi connectivity index (χ1v) is 4.07. The molecule has 0 aliphatic heterocycles. The first-order chi connectivity index (χ1) is 7.29. The number of halogens is 4. The molecule has 0 fully saturated rings. The van der Waals surface area contributed by atoms with E-state index in [4.69, 9.17) is 0 Å². The zero-order valence-corrected chi connectivity index (χ0v) is 11.8. The van der Waals surface area contributed by atoms with Crippen LogP contribution < -0.4 is 56.1 Å². The molecule has 0 N–H and O–H groups in total. The maximum Gasteiger partial charge on any atom is 1.00 e. The first kappa shape index (κ1) is 16.8. The maximum absolute atomic E-state index is 13.0. The van der Waals surface area contributed by atoms with E-state index >= 15 is 0 Å². The number of non-ortho nitro benzene ring substituents is 1. The Labute approximate surface area is 136 Å². The van der Waals surface area contributed by atoms with Crippen LogP contribution >= 0.6 is 0 Å². The number of nitro benzene ring substituents is 1. The summed E-state index contributed by atoms with van der Waals surface area (Å²) >= 11 is 0. The molecule has 0 aromatic heterocycles. The van der Waals surface area contributed by atoms with E-state index in [1.54, 1.807) is 0 Å². The fraction of sp³-hybridized carbons (Fsp3) is 0.143. The minimum absolute atomic E-state index is 0. The van der Waals surface area contributed by atoms with E-state index in [0.29, 0.717) is 6.07 Å². The Bertz CT molecular complexity index is 415. The monoisotopic (exact) mass is 277 g/mol. The van der Waals surface area contributed by atoms with Crippen molar-refractivity contribution in [2.24, 2.45) is 0 Å². The normalized spacial score (nSPS) is 10.6. The van der Waals surface area contributed by atoms with Gasteiger partial charge in [0.25, 0.3) is 5.69 Å². The molecule has 88 valence electrons. The van der Waals surface area contributed by atoms with Gasteiger partial charge in [-0.25, -0.2) is 4.39 Å². The fourth-order valence-corrected chi connectivity index (χ4v) is 0.905. The number of hydrogen-bond donors (Lipinski definition) is 0. The number of ether oxygens (including phenoxy) is 1. The van der Waals surface area contributed by atoms with Crippen molar-refractivity contribution < 1.29 is 78.4 Å². The molecule has 0 atom stereocenters. The molecule has 0 bridgehead atoms. The molecular formula is C7H5BF4KNO3. The average molecular weight is 277 g/mol. The Kier molecular flexibility index (Phi) is 6.63. The molecule has 0 radical (unpaired) electrons. The minimum atomic E-state index is -5.19. The SMILES string of the molecule is O=[N+]([O-])c1ccc(OC[B-](F)(F)F)c(F)c1.[K+]. The molecule has 17 heavy (non-hydrogen) atoms. The topological polar surface area (TPSA) is 52.4 Å². The molecule has 0 amide bonds. The van der Waals surface area contributed by atoms with Gasteiger partial charge in [0.1, 0.15) is 0 Å². The van der Waals surface area contributed by atoms with E-state index < -0.39 is 35.7 Å². The second kappa shape index (κ2) is 6.69. The van der Waals surface area contributed by atoms with Gasteiger partial charge in [-0.2, -0.15) is 0 Å². The van der Waals surface area contributed by atoms with Gasteiger partial charge in [-0.15, -0.1) is 0 Å². The fourth-order valence-electron chi connectivity index (χ4n) is 0.905. The molecule has 1 aromatic rings. The van der Waals surface area contributed by atoms with Gasteiger partial charge in [0.2, 0.25) is 0 Å². The van der Waals surface area contributed by atoms with Gasteiger partial charge in [-0.05, 0) is 6.07 Å². The zero-order chi connectivity index (χ0) is 12.3. The van der Waals surface area contributed by atoms with Gasteiger partial charge in [0.15, 0.2) is 11.6 Å². The smallest absolute Gasteiger partial charge is 0.519 e. The first-order valence-electron chi connectivity index (χ1n) is 4.07. The quantitative estimate of drug-likeness (QED) is 0.323. The molecule has 1 aromatic carbocycles. The standard InChI is InChI=1S/C7H5BF4NO3.K/c9-6-3-5(13(14)15)1-2-7(6)16-4-8(10,11)12;/h1-3H,4H2;/q-1;+1. The minimum Gasteiger partial charge on any atom is -0.519 e. The second-order valence-electron chi connectivity index (χ2n) is 2.89. The maximum atomic E-state index is 13.0. The van der Waals surface area contributed by atoms with Crippen molar-refractivity contribution in [3.63, 3.8) is 0 Å². The van der Waals surface area contributed by atoms with E-state index in [1.165, 1.54) is 0 Å². The van der Waals surface area contributed by atoms with Crippen molar-refractivity contribution in [3.05, 3.63) is 34.1 Å². The molecule has 0 heterocycles. The molecule has 0 aliphatic carbocycles. The van der Waals surface area contributed by atoms with Crippen LogP contribution in [0.5, 0.6) is 5.75 Å². The summed E-state index contributed by atoms with van der Waals surface area (Å²) in [5.41, 5.74) is -0.553. The Morgan fingerprint density at radius 3 is 2.35 bits per heavy atom. The van der Waals surface area contributed by atoms with Crippen LogP contribution in [0.25, 0.3) is 0 Å². The van der Waals surface area contributed by atoms with Crippen molar-refractivity contribution in [2.75, 3.05) is 6.51 Å². The number of nitro groups is 1. The van der Waals surface area contributed by atoms with E-state index in [0.717, 1.165) is 12.1 Å². The van der Waals surface area contributed by atoms with Crippen LogP contribution in [0.3, 0.4) is 0 Å². The molecule has 4 nitrogen and oxygen atoms in total. The van der Waals surface area contributed by atoms with Crippen LogP contribution in [-0.4, -0.2) is 18.4 Å². The summed E-state index contributed by atoms with van der Waals surface area (Å²) in [6.07, 6.45) is 0. The van der Waals surface area contributed by atoms with E-state index in [1.807, 2.05) is 0 Å². The van der Waals surface area contributed by atoms with Crippen LogP contribution in [0, 0.1) is 15.9 Å². The van der Waals surface area contributed by atoms with Gasteiger partial charge < -0.3 is 17.7 Å². The van der Waals surface area contributed by atoms with Crippen LogP contribution in [0.15, 0.2) is 18.2 Å². The van der Waals surface area contributed by atoms with Crippen LogP contribution in [0.2, 0.25) is 0 Å². The summed E-state index contributed by atoms with van der Waals surface area (Å²) in [5.74, 6) is -1.86. The van der Waals surface area contributed by atoms with Gasteiger partial charge in [-0.3, -0.25) is 10.1 Å². The predicted octanol–water partition coefficient (Wildman–Crippen LogP) is -0.497. The van der Waals surface area contributed by atoms with E-state index in [-0.39, 0.29) is 51.4 Å². The largest absolute Gasteiger partial charge is 1.00 e. The second-order valence-corrected chi connectivity index (χ2v) is 2.89. The molecular weight excluding hydrogens is 272 g/mol. The van der Waals surface area contributed by atoms with Gasteiger partial charge in [0, 0.05) is 6.07 Å².